The van der Waals surface area contributed by atoms with Crippen molar-refractivity contribution in [1.82, 2.24) is 24.5 Å². The molecule has 0 atom stereocenters. The second-order valence-corrected chi connectivity index (χ2v) is 8.28. The molecule has 8 nitrogen and oxygen atoms in total. The maximum Gasteiger partial charge on any atom is 0.253 e. The van der Waals surface area contributed by atoms with Gasteiger partial charge in [0.25, 0.3) is 5.91 Å². The lowest BCUT2D eigenvalue weighted by Crippen LogP contribution is -2.36. The van der Waals surface area contributed by atoms with Crippen LogP contribution in [0, 0.1) is 6.92 Å². The van der Waals surface area contributed by atoms with Crippen LogP contribution in [0.4, 0.5) is 5.95 Å². The third-order valence-corrected chi connectivity index (χ3v) is 6.08. The Morgan fingerprint density at radius 3 is 2.62 bits per heavy atom. The van der Waals surface area contributed by atoms with E-state index in [0.717, 1.165) is 47.0 Å². The van der Waals surface area contributed by atoms with Gasteiger partial charge in [0.15, 0.2) is 5.65 Å². The number of methoxy groups -OCH3 is 1. The minimum absolute atomic E-state index is 0.0263. The molecule has 0 unspecified atom stereocenters. The van der Waals surface area contributed by atoms with Crippen molar-refractivity contribution < 1.29 is 9.53 Å². The molecule has 2 aromatic carbocycles. The Labute approximate surface area is 190 Å². The van der Waals surface area contributed by atoms with Crippen molar-refractivity contribution in [2.45, 2.75) is 13.3 Å². The van der Waals surface area contributed by atoms with Crippen molar-refractivity contribution in [3.8, 4) is 5.75 Å². The lowest BCUT2D eigenvalue weighted by atomic mass is 10.2. The zero-order chi connectivity index (χ0) is 22.2. The molecule has 164 valence electrons. The molecular weight excluding hydrogens is 428 g/mol. The molecule has 0 bridgehead atoms. The number of rotatable bonds is 3. The van der Waals surface area contributed by atoms with Gasteiger partial charge in [-0.25, -0.2) is 9.38 Å². The van der Waals surface area contributed by atoms with Crippen LogP contribution in [0.2, 0.25) is 5.02 Å². The average Bonchev–Trinajstić information content (AvgIpc) is 3.04. The maximum atomic E-state index is 13.0. The first kappa shape index (κ1) is 20.5. The molecule has 5 rings (SSSR count). The van der Waals surface area contributed by atoms with Crippen LogP contribution in [-0.4, -0.2) is 63.7 Å². The van der Waals surface area contributed by atoms with Crippen LogP contribution < -0.4 is 9.64 Å². The quantitative estimate of drug-likeness (QED) is 0.474. The molecule has 0 spiro atoms. The Hall–Kier alpha value is -3.39. The Balaban J connectivity index is 1.44. The molecular formula is C23H23ClN6O2. The van der Waals surface area contributed by atoms with Gasteiger partial charge in [0.05, 0.1) is 12.6 Å². The highest BCUT2D eigenvalue weighted by Crippen LogP contribution is 2.27. The molecule has 0 radical (unpaired) electrons. The molecule has 1 amide bonds. The number of carbonyl (C=O) groups is 1. The standard InChI is InChI=1S/C23H23ClN6O2/c1-15-26-27-21-19-9-6-17(24)14-20(19)25-23(30(15)21)29-11-3-10-28(12-13-29)22(31)16-4-7-18(32-2)8-5-16/h4-9,14H,3,10-13H2,1-2H3. The van der Waals surface area contributed by atoms with Gasteiger partial charge in [-0.15, -0.1) is 10.2 Å². The summed E-state index contributed by atoms with van der Waals surface area (Å²) >= 11 is 6.22. The molecule has 9 heteroatoms. The number of carbonyl (C=O) groups excluding carboxylic acids is 1. The maximum absolute atomic E-state index is 13.0. The summed E-state index contributed by atoms with van der Waals surface area (Å²) in [4.78, 5) is 22.1. The molecule has 2 aromatic heterocycles. The zero-order valence-electron chi connectivity index (χ0n) is 18.0. The molecule has 1 aliphatic rings. The van der Waals surface area contributed by atoms with Gasteiger partial charge in [-0.1, -0.05) is 11.6 Å². The fourth-order valence-electron chi connectivity index (χ4n) is 4.17. The van der Waals surface area contributed by atoms with E-state index in [1.165, 1.54) is 0 Å². The number of aryl methyl sites for hydroxylation is 1. The molecule has 1 aliphatic heterocycles. The van der Waals surface area contributed by atoms with Crippen LogP contribution in [0.15, 0.2) is 42.5 Å². The Morgan fingerprint density at radius 2 is 1.84 bits per heavy atom. The van der Waals surface area contributed by atoms with E-state index in [4.69, 9.17) is 21.3 Å². The van der Waals surface area contributed by atoms with Crippen LogP contribution in [0.25, 0.3) is 16.6 Å². The smallest absolute Gasteiger partial charge is 0.253 e. The van der Waals surface area contributed by atoms with E-state index in [1.54, 1.807) is 7.11 Å². The van der Waals surface area contributed by atoms with Crippen molar-refractivity contribution in [2.24, 2.45) is 0 Å². The highest BCUT2D eigenvalue weighted by molar-refractivity contribution is 6.31. The zero-order valence-corrected chi connectivity index (χ0v) is 18.7. The van der Waals surface area contributed by atoms with Gasteiger partial charge in [0, 0.05) is 42.2 Å². The summed E-state index contributed by atoms with van der Waals surface area (Å²) < 4.78 is 7.18. The predicted molar refractivity (Wildman–Crippen MR) is 124 cm³/mol. The molecule has 4 aromatic rings. The van der Waals surface area contributed by atoms with E-state index in [-0.39, 0.29) is 5.91 Å². The van der Waals surface area contributed by atoms with Crippen LogP contribution >= 0.6 is 11.6 Å². The second-order valence-electron chi connectivity index (χ2n) is 7.84. The summed E-state index contributed by atoms with van der Waals surface area (Å²) in [6.07, 6.45) is 0.833. The number of halogens is 1. The highest BCUT2D eigenvalue weighted by Gasteiger charge is 2.24. The summed E-state index contributed by atoms with van der Waals surface area (Å²) in [6, 6.07) is 12.9. The third-order valence-electron chi connectivity index (χ3n) is 5.85. The Bertz CT molecular complexity index is 1300. The first-order valence-corrected chi connectivity index (χ1v) is 10.9. The molecule has 1 saturated heterocycles. The fraction of sp³-hybridized carbons (Fsp3) is 0.304. The summed E-state index contributed by atoms with van der Waals surface area (Å²) in [5.41, 5.74) is 2.20. The van der Waals surface area contributed by atoms with Gasteiger partial charge >= 0.3 is 0 Å². The number of benzene rings is 2. The van der Waals surface area contributed by atoms with E-state index in [9.17, 15) is 4.79 Å². The minimum atomic E-state index is 0.0263. The normalized spacial score (nSPS) is 14.7. The summed E-state index contributed by atoms with van der Waals surface area (Å²) in [7, 11) is 1.61. The lowest BCUT2D eigenvalue weighted by Gasteiger charge is -2.24. The molecule has 3 heterocycles. The van der Waals surface area contributed by atoms with Crippen molar-refractivity contribution >= 4 is 40.0 Å². The number of hydrogen-bond acceptors (Lipinski definition) is 6. The Morgan fingerprint density at radius 1 is 1.03 bits per heavy atom. The summed E-state index contributed by atoms with van der Waals surface area (Å²) in [6.45, 7) is 4.64. The summed E-state index contributed by atoms with van der Waals surface area (Å²) in [5.74, 6) is 2.31. The van der Waals surface area contributed by atoms with Gasteiger partial charge in [-0.3, -0.25) is 4.79 Å². The van der Waals surface area contributed by atoms with E-state index in [0.29, 0.717) is 30.2 Å². The van der Waals surface area contributed by atoms with E-state index in [2.05, 4.69) is 15.1 Å². The van der Waals surface area contributed by atoms with E-state index >= 15 is 0 Å². The number of anilines is 1. The van der Waals surface area contributed by atoms with Gasteiger partial charge in [0.1, 0.15) is 11.6 Å². The first-order chi connectivity index (χ1) is 15.5. The topological polar surface area (TPSA) is 75.9 Å². The van der Waals surface area contributed by atoms with Crippen molar-refractivity contribution in [3.63, 3.8) is 0 Å². The minimum Gasteiger partial charge on any atom is -0.497 e. The second kappa shape index (κ2) is 8.27. The number of ether oxygens (including phenoxy) is 1. The molecule has 32 heavy (non-hydrogen) atoms. The van der Waals surface area contributed by atoms with Crippen LogP contribution in [0.1, 0.15) is 22.6 Å². The highest BCUT2D eigenvalue weighted by atomic mass is 35.5. The van der Waals surface area contributed by atoms with Crippen LogP contribution in [0.3, 0.4) is 0 Å². The molecule has 0 aliphatic carbocycles. The van der Waals surface area contributed by atoms with E-state index < -0.39 is 0 Å². The molecule has 1 fully saturated rings. The first-order valence-electron chi connectivity index (χ1n) is 10.5. The SMILES string of the molecule is COc1ccc(C(=O)N2CCCN(c3nc4cc(Cl)ccc4c4nnc(C)n34)CC2)cc1. The largest absolute Gasteiger partial charge is 0.497 e. The molecule has 0 N–H and O–H groups in total. The van der Waals surface area contributed by atoms with Gasteiger partial charge in [-0.2, -0.15) is 0 Å². The number of hydrogen-bond donors (Lipinski definition) is 0. The fourth-order valence-corrected chi connectivity index (χ4v) is 4.34. The third kappa shape index (κ3) is 3.60. The van der Waals surface area contributed by atoms with Crippen LogP contribution in [-0.2, 0) is 0 Å². The predicted octanol–water partition coefficient (Wildman–Crippen LogP) is 3.60. The van der Waals surface area contributed by atoms with Crippen molar-refractivity contribution in [1.29, 1.82) is 0 Å². The van der Waals surface area contributed by atoms with Crippen molar-refractivity contribution in [3.05, 3.63) is 58.9 Å². The number of fused-ring (bicyclic) bond motifs is 3. The monoisotopic (exact) mass is 450 g/mol. The van der Waals surface area contributed by atoms with Gasteiger partial charge < -0.3 is 14.5 Å². The summed E-state index contributed by atoms with van der Waals surface area (Å²) in [5, 5.41) is 10.2. The van der Waals surface area contributed by atoms with Crippen molar-refractivity contribution in [2.75, 3.05) is 38.2 Å². The van der Waals surface area contributed by atoms with E-state index in [1.807, 2.05) is 58.7 Å². The Kier molecular flexibility index (Phi) is 5.30. The van der Waals surface area contributed by atoms with Gasteiger partial charge in [0.2, 0.25) is 5.95 Å². The number of amides is 1. The lowest BCUT2D eigenvalue weighted by molar-refractivity contribution is 0.0767. The number of aromatic nitrogens is 4. The molecule has 0 saturated carbocycles. The number of nitrogens with zero attached hydrogens (tertiary/aromatic N) is 6. The van der Waals surface area contributed by atoms with Gasteiger partial charge in [-0.05, 0) is 55.8 Å². The van der Waals surface area contributed by atoms with Crippen LogP contribution in [0.5, 0.6) is 5.75 Å². The average molecular weight is 451 g/mol.